The van der Waals surface area contributed by atoms with Crippen molar-refractivity contribution in [1.82, 2.24) is 29.6 Å². The van der Waals surface area contributed by atoms with Crippen LogP contribution in [-0.2, 0) is 23.0 Å². The van der Waals surface area contributed by atoms with Gasteiger partial charge in [-0.2, -0.15) is 13.2 Å². The fourth-order valence-corrected chi connectivity index (χ4v) is 6.03. The topological polar surface area (TPSA) is 119 Å². The van der Waals surface area contributed by atoms with Crippen molar-refractivity contribution in [3.8, 4) is 11.1 Å². The van der Waals surface area contributed by atoms with Crippen LogP contribution in [0.25, 0.3) is 11.1 Å². The number of urea groups is 1. The Morgan fingerprint density at radius 1 is 1.20 bits per heavy atom. The highest BCUT2D eigenvalue weighted by Crippen LogP contribution is 2.35. The highest BCUT2D eigenvalue weighted by molar-refractivity contribution is 7.92. The maximum Gasteiger partial charge on any atom is 0.390 e. The lowest BCUT2D eigenvalue weighted by Crippen LogP contribution is -2.40. The number of carbonyl (C=O) groups excluding carboxylic acids is 1. The summed E-state index contributed by atoms with van der Waals surface area (Å²) in [7, 11) is -4.37. The molecule has 2 amide bonds. The molecule has 14 heteroatoms. The molecule has 0 atom stereocenters. The zero-order chi connectivity index (χ0) is 25.8. The molecule has 2 N–H and O–H groups in total. The number of nitrogens with one attached hydrogen (secondary N) is 2. The maximum absolute atomic E-state index is 13.0. The summed E-state index contributed by atoms with van der Waals surface area (Å²) >= 11 is 0.991. The van der Waals surface area contributed by atoms with Crippen LogP contribution in [0.3, 0.4) is 0 Å². The molecule has 0 aliphatic heterocycles. The molecule has 3 aromatic rings. The lowest BCUT2D eigenvalue weighted by Gasteiger charge is -2.10. The van der Waals surface area contributed by atoms with Gasteiger partial charge in [0.2, 0.25) is 0 Å². The van der Waals surface area contributed by atoms with Gasteiger partial charge in [-0.15, -0.1) is 11.3 Å². The molecule has 0 saturated heterocycles. The fraction of sp³-hybridized carbons (Fsp3) is 0.429. The summed E-state index contributed by atoms with van der Waals surface area (Å²) in [6.07, 6.45) is 1.31. The van der Waals surface area contributed by atoms with Crippen LogP contribution in [0.1, 0.15) is 36.8 Å². The first kappa shape index (κ1) is 26.6. The maximum atomic E-state index is 13.0. The number of amides is 2. The van der Waals surface area contributed by atoms with Gasteiger partial charge in [0, 0.05) is 47.3 Å². The summed E-state index contributed by atoms with van der Waals surface area (Å²) in [5.41, 5.74) is 0.742. The molecule has 0 saturated carbocycles. The van der Waals surface area contributed by atoms with E-state index in [2.05, 4.69) is 15.0 Å². The first-order chi connectivity index (χ1) is 16.3. The van der Waals surface area contributed by atoms with Crippen LogP contribution in [0.4, 0.5) is 18.0 Å². The number of aromatic nitrogens is 4. The minimum Gasteiger partial charge on any atom is -0.337 e. The number of halogens is 3. The van der Waals surface area contributed by atoms with E-state index >= 15 is 0 Å². The van der Waals surface area contributed by atoms with Crippen molar-refractivity contribution < 1.29 is 26.4 Å². The van der Waals surface area contributed by atoms with Gasteiger partial charge in [0.25, 0.3) is 10.0 Å². The molecule has 0 aromatic carbocycles. The first-order valence-corrected chi connectivity index (χ1v) is 12.9. The van der Waals surface area contributed by atoms with Crippen molar-refractivity contribution in [3.05, 3.63) is 47.4 Å². The molecule has 0 unspecified atom stereocenters. The number of carbonyl (C=O) groups is 1. The second-order valence-corrected chi connectivity index (χ2v) is 11.2. The molecule has 0 aliphatic rings. The summed E-state index contributed by atoms with van der Waals surface area (Å²) in [5, 5.41) is 1.92. The number of nitrogens with zero attached hydrogens (tertiary/aromatic N) is 4. The van der Waals surface area contributed by atoms with Gasteiger partial charge in [-0.05, 0) is 25.3 Å². The molecule has 9 nitrogen and oxygen atoms in total. The van der Waals surface area contributed by atoms with Crippen molar-refractivity contribution in [2.24, 2.45) is 5.92 Å². The van der Waals surface area contributed by atoms with E-state index in [0.29, 0.717) is 29.9 Å². The molecular weight excluding hydrogens is 505 g/mol. The van der Waals surface area contributed by atoms with Crippen molar-refractivity contribution in [2.75, 3.05) is 6.54 Å². The van der Waals surface area contributed by atoms with Crippen LogP contribution in [0.15, 0.2) is 35.1 Å². The number of hydrogen-bond acceptors (Lipinski definition) is 7. The zero-order valence-corrected chi connectivity index (χ0v) is 20.9. The lowest BCUT2D eigenvalue weighted by atomic mass is 10.1. The van der Waals surface area contributed by atoms with Gasteiger partial charge in [-0.1, -0.05) is 13.8 Å². The zero-order valence-electron chi connectivity index (χ0n) is 19.3. The summed E-state index contributed by atoms with van der Waals surface area (Å²) < 4.78 is 66.4. The number of hydrogen-bond donors (Lipinski definition) is 2. The minimum absolute atomic E-state index is 0.138. The van der Waals surface area contributed by atoms with Crippen LogP contribution in [0, 0.1) is 12.8 Å². The Morgan fingerprint density at radius 2 is 1.89 bits per heavy atom. The van der Waals surface area contributed by atoms with Crippen molar-refractivity contribution in [1.29, 1.82) is 0 Å². The molecule has 0 aliphatic carbocycles. The monoisotopic (exact) mass is 530 g/mol. The predicted octanol–water partition coefficient (Wildman–Crippen LogP) is 3.90. The average molecular weight is 531 g/mol. The second kappa shape index (κ2) is 10.7. The molecule has 35 heavy (non-hydrogen) atoms. The van der Waals surface area contributed by atoms with Crippen LogP contribution < -0.4 is 10.0 Å². The fourth-order valence-electron chi connectivity index (χ4n) is 3.15. The Hall–Kier alpha value is -3.00. The molecule has 0 bridgehead atoms. The van der Waals surface area contributed by atoms with Gasteiger partial charge in [0.05, 0.1) is 13.0 Å². The van der Waals surface area contributed by atoms with E-state index < -0.39 is 35.2 Å². The molecular formula is C21H25F3N6O3S2. The number of aryl methyl sites for hydroxylation is 1. The van der Waals surface area contributed by atoms with E-state index in [4.69, 9.17) is 0 Å². The van der Waals surface area contributed by atoms with Crippen LogP contribution in [0.2, 0.25) is 0 Å². The average Bonchev–Trinajstić information content (AvgIpc) is 3.33. The molecule has 190 valence electrons. The summed E-state index contributed by atoms with van der Waals surface area (Å²) in [6.45, 7) is 5.46. The summed E-state index contributed by atoms with van der Waals surface area (Å²) in [5.74, 6) is 1.54. The Bertz CT molecular complexity index is 1270. The molecule has 3 aromatic heterocycles. The van der Waals surface area contributed by atoms with Gasteiger partial charge in [0.15, 0.2) is 0 Å². The molecule has 3 heterocycles. The Labute approximate surface area is 204 Å². The third-order valence-electron chi connectivity index (χ3n) is 4.78. The van der Waals surface area contributed by atoms with Crippen LogP contribution in [0.5, 0.6) is 0 Å². The van der Waals surface area contributed by atoms with Crippen LogP contribution >= 0.6 is 11.3 Å². The van der Waals surface area contributed by atoms with Gasteiger partial charge >= 0.3 is 12.2 Å². The summed E-state index contributed by atoms with van der Waals surface area (Å²) in [6, 6.07) is 0.473. The third kappa shape index (κ3) is 7.49. The van der Waals surface area contributed by atoms with E-state index in [1.54, 1.807) is 23.2 Å². The van der Waals surface area contributed by atoms with Crippen molar-refractivity contribution in [2.45, 2.75) is 50.5 Å². The van der Waals surface area contributed by atoms with Gasteiger partial charge in [0.1, 0.15) is 15.9 Å². The number of sulfonamides is 1. The Kier molecular flexibility index (Phi) is 8.15. The number of thiophene rings is 1. The third-order valence-corrected chi connectivity index (χ3v) is 7.80. The molecule has 0 spiro atoms. The normalized spacial score (nSPS) is 12.2. The highest BCUT2D eigenvalue weighted by Gasteiger charge is 2.28. The SMILES string of the molecule is Cc1nccn1Cc1ncc(-c2cc(CC(C)C)sc2S(=O)(=O)NC(=O)NCCC(F)(F)F)cn1. The lowest BCUT2D eigenvalue weighted by molar-refractivity contribution is -0.132. The quantitative estimate of drug-likeness (QED) is 0.433. The largest absolute Gasteiger partial charge is 0.390 e. The van der Waals surface area contributed by atoms with E-state index in [9.17, 15) is 26.4 Å². The van der Waals surface area contributed by atoms with Gasteiger partial charge < -0.3 is 9.88 Å². The minimum atomic E-state index is -4.47. The number of alkyl halides is 3. The predicted molar refractivity (Wildman–Crippen MR) is 124 cm³/mol. The second-order valence-electron chi connectivity index (χ2n) is 8.23. The molecule has 0 radical (unpaired) electrons. The Balaban J connectivity index is 1.84. The molecule has 3 rings (SSSR count). The van der Waals surface area contributed by atoms with Crippen molar-refractivity contribution in [3.63, 3.8) is 0 Å². The molecule has 0 fully saturated rings. The van der Waals surface area contributed by atoms with Crippen molar-refractivity contribution >= 4 is 27.4 Å². The summed E-state index contributed by atoms with van der Waals surface area (Å²) in [4.78, 5) is 25.6. The van der Waals surface area contributed by atoms with E-state index in [1.807, 2.05) is 30.7 Å². The number of rotatable bonds is 9. The van der Waals surface area contributed by atoms with E-state index in [0.717, 1.165) is 22.0 Å². The van der Waals surface area contributed by atoms with Gasteiger partial charge in [-0.25, -0.2) is 32.9 Å². The number of imidazole rings is 1. The van der Waals surface area contributed by atoms with Gasteiger partial charge in [-0.3, -0.25) is 0 Å². The van der Waals surface area contributed by atoms with Crippen LogP contribution in [-0.4, -0.2) is 46.7 Å². The standard InChI is InChI=1S/C21H25F3N6O3S2/c1-13(2)8-16-9-17(15-10-27-18(28-11-15)12-30-7-6-25-14(30)3)19(34-16)35(32,33)29-20(31)26-5-4-21(22,23)24/h6-7,9-11,13H,4-5,8,12H2,1-3H3,(H2,26,29,31). The smallest absolute Gasteiger partial charge is 0.337 e. The van der Waals surface area contributed by atoms with E-state index in [1.165, 1.54) is 12.4 Å². The van der Waals surface area contributed by atoms with E-state index in [-0.39, 0.29) is 10.1 Å². The first-order valence-electron chi connectivity index (χ1n) is 10.6. The highest BCUT2D eigenvalue weighted by atomic mass is 32.2. The Morgan fingerprint density at radius 3 is 2.46 bits per heavy atom.